The van der Waals surface area contributed by atoms with E-state index in [1.165, 1.54) is 6.42 Å². The summed E-state index contributed by atoms with van der Waals surface area (Å²) in [6.07, 6.45) is 5.68. The largest absolute Gasteiger partial charge is 0.378 e. The SMILES string of the molecule is CCOC1CC(NC(=O)C2CCCCC2CN)C1(C)C. The van der Waals surface area contributed by atoms with Gasteiger partial charge in [-0.05, 0) is 38.6 Å². The van der Waals surface area contributed by atoms with Crippen molar-refractivity contribution in [3.8, 4) is 0 Å². The number of carbonyl (C=O) groups excluding carboxylic acids is 1. The molecular formula is C16H30N2O2. The number of nitrogens with one attached hydrogen (secondary N) is 1. The molecule has 1 amide bonds. The van der Waals surface area contributed by atoms with Crippen LogP contribution < -0.4 is 11.1 Å². The zero-order valence-electron chi connectivity index (χ0n) is 13.2. The molecule has 4 atom stereocenters. The van der Waals surface area contributed by atoms with Gasteiger partial charge in [-0.25, -0.2) is 0 Å². The van der Waals surface area contributed by atoms with Gasteiger partial charge in [0.15, 0.2) is 0 Å². The average molecular weight is 282 g/mol. The van der Waals surface area contributed by atoms with E-state index in [2.05, 4.69) is 19.2 Å². The fourth-order valence-corrected chi connectivity index (χ4v) is 3.73. The number of amides is 1. The molecule has 2 aliphatic carbocycles. The minimum Gasteiger partial charge on any atom is -0.378 e. The van der Waals surface area contributed by atoms with Crippen molar-refractivity contribution < 1.29 is 9.53 Å². The van der Waals surface area contributed by atoms with E-state index in [0.29, 0.717) is 12.5 Å². The lowest BCUT2D eigenvalue weighted by Crippen LogP contribution is -2.63. The molecule has 0 bridgehead atoms. The van der Waals surface area contributed by atoms with Crippen LogP contribution in [0.1, 0.15) is 52.9 Å². The Kier molecular flexibility index (Phi) is 5.08. The first-order chi connectivity index (χ1) is 9.50. The van der Waals surface area contributed by atoms with Crippen LogP contribution in [0.3, 0.4) is 0 Å². The molecule has 4 heteroatoms. The molecule has 2 rings (SSSR count). The van der Waals surface area contributed by atoms with Gasteiger partial charge in [0.25, 0.3) is 0 Å². The third kappa shape index (κ3) is 3.01. The first-order valence-electron chi connectivity index (χ1n) is 8.12. The Bertz CT molecular complexity index is 343. The van der Waals surface area contributed by atoms with Gasteiger partial charge in [-0.3, -0.25) is 4.79 Å². The van der Waals surface area contributed by atoms with Gasteiger partial charge in [-0.2, -0.15) is 0 Å². The summed E-state index contributed by atoms with van der Waals surface area (Å²) in [4.78, 5) is 12.5. The maximum absolute atomic E-state index is 12.5. The van der Waals surface area contributed by atoms with E-state index in [0.717, 1.165) is 32.3 Å². The van der Waals surface area contributed by atoms with Crippen molar-refractivity contribution in [1.29, 1.82) is 0 Å². The van der Waals surface area contributed by atoms with Crippen molar-refractivity contribution in [2.24, 2.45) is 23.0 Å². The second-order valence-corrected chi connectivity index (χ2v) is 6.95. The molecule has 0 radical (unpaired) electrons. The minimum absolute atomic E-state index is 0.0402. The van der Waals surface area contributed by atoms with Crippen LogP contribution in [0.4, 0.5) is 0 Å². The van der Waals surface area contributed by atoms with Gasteiger partial charge in [-0.1, -0.05) is 26.7 Å². The van der Waals surface area contributed by atoms with Gasteiger partial charge in [-0.15, -0.1) is 0 Å². The molecule has 0 aromatic heterocycles. The van der Waals surface area contributed by atoms with Crippen LogP contribution in [0.5, 0.6) is 0 Å². The maximum Gasteiger partial charge on any atom is 0.223 e. The zero-order chi connectivity index (χ0) is 14.8. The Morgan fingerprint density at radius 2 is 2.05 bits per heavy atom. The third-order valence-corrected chi connectivity index (χ3v) is 5.41. The molecule has 3 N–H and O–H groups in total. The maximum atomic E-state index is 12.5. The Morgan fingerprint density at radius 3 is 2.65 bits per heavy atom. The number of nitrogens with two attached hydrogens (primary N) is 1. The molecule has 2 fully saturated rings. The summed E-state index contributed by atoms with van der Waals surface area (Å²) in [7, 11) is 0. The summed E-state index contributed by atoms with van der Waals surface area (Å²) in [5, 5.41) is 3.25. The van der Waals surface area contributed by atoms with Crippen molar-refractivity contribution in [2.45, 2.75) is 65.0 Å². The number of ether oxygens (including phenoxy) is 1. The molecule has 2 aliphatic rings. The number of hydrogen-bond donors (Lipinski definition) is 2. The molecule has 116 valence electrons. The quantitative estimate of drug-likeness (QED) is 0.811. The van der Waals surface area contributed by atoms with Gasteiger partial charge in [0.1, 0.15) is 0 Å². The lowest BCUT2D eigenvalue weighted by molar-refractivity contribution is -0.141. The summed E-state index contributed by atoms with van der Waals surface area (Å²) < 4.78 is 5.72. The van der Waals surface area contributed by atoms with Crippen molar-refractivity contribution >= 4 is 5.91 Å². The smallest absolute Gasteiger partial charge is 0.223 e. The molecule has 4 nitrogen and oxygen atoms in total. The summed E-state index contributed by atoms with van der Waals surface area (Å²) in [5.41, 5.74) is 5.86. The standard InChI is InChI=1S/C16H30N2O2/c1-4-20-14-9-13(16(14,2)3)18-15(19)12-8-6-5-7-11(12)10-17/h11-14H,4-10,17H2,1-3H3,(H,18,19). The summed E-state index contributed by atoms with van der Waals surface area (Å²) >= 11 is 0. The van der Waals surface area contributed by atoms with E-state index in [9.17, 15) is 4.79 Å². The predicted molar refractivity (Wildman–Crippen MR) is 80.2 cm³/mol. The Balaban J connectivity index is 1.89. The minimum atomic E-state index is 0.0402. The highest BCUT2D eigenvalue weighted by molar-refractivity contribution is 5.79. The van der Waals surface area contributed by atoms with E-state index in [1.54, 1.807) is 0 Å². The molecule has 0 aromatic carbocycles. The van der Waals surface area contributed by atoms with E-state index in [-0.39, 0.29) is 29.4 Å². The second kappa shape index (κ2) is 6.44. The van der Waals surface area contributed by atoms with Crippen LogP contribution in [-0.4, -0.2) is 31.2 Å². The monoisotopic (exact) mass is 282 g/mol. The summed E-state index contributed by atoms with van der Waals surface area (Å²) in [6, 6.07) is 0.243. The topological polar surface area (TPSA) is 64.3 Å². The van der Waals surface area contributed by atoms with Crippen molar-refractivity contribution in [1.82, 2.24) is 5.32 Å². The van der Waals surface area contributed by atoms with Crippen LogP contribution in [0.25, 0.3) is 0 Å². The highest BCUT2D eigenvalue weighted by atomic mass is 16.5. The van der Waals surface area contributed by atoms with Gasteiger partial charge in [0, 0.05) is 24.0 Å². The first kappa shape index (κ1) is 15.8. The normalized spacial score (nSPS) is 36.2. The molecule has 0 spiro atoms. The Hall–Kier alpha value is -0.610. The molecule has 0 saturated heterocycles. The number of rotatable bonds is 5. The van der Waals surface area contributed by atoms with E-state index < -0.39 is 0 Å². The Labute approximate surface area is 122 Å². The fraction of sp³-hybridized carbons (Fsp3) is 0.938. The van der Waals surface area contributed by atoms with Crippen LogP contribution in [0.15, 0.2) is 0 Å². The Morgan fingerprint density at radius 1 is 1.35 bits per heavy atom. The lowest BCUT2D eigenvalue weighted by Gasteiger charge is -2.52. The van der Waals surface area contributed by atoms with Gasteiger partial charge < -0.3 is 15.8 Å². The van der Waals surface area contributed by atoms with Crippen LogP contribution in [0, 0.1) is 17.3 Å². The molecule has 20 heavy (non-hydrogen) atoms. The molecule has 0 aromatic rings. The van der Waals surface area contributed by atoms with E-state index in [1.807, 2.05) is 6.92 Å². The lowest BCUT2D eigenvalue weighted by atomic mass is 9.64. The first-order valence-corrected chi connectivity index (χ1v) is 8.12. The van der Waals surface area contributed by atoms with E-state index in [4.69, 9.17) is 10.5 Å². The van der Waals surface area contributed by atoms with Crippen molar-refractivity contribution in [3.05, 3.63) is 0 Å². The van der Waals surface area contributed by atoms with Crippen molar-refractivity contribution in [2.75, 3.05) is 13.2 Å². The molecule has 0 heterocycles. The van der Waals surface area contributed by atoms with Crippen LogP contribution in [0.2, 0.25) is 0 Å². The summed E-state index contributed by atoms with van der Waals surface area (Å²) in [6.45, 7) is 7.77. The average Bonchev–Trinajstić information content (AvgIpc) is 2.46. The molecule has 4 unspecified atom stereocenters. The van der Waals surface area contributed by atoms with Crippen LogP contribution >= 0.6 is 0 Å². The molecule has 2 saturated carbocycles. The predicted octanol–water partition coefficient (Wildman–Crippen LogP) is 2.07. The zero-order valence-corrected chi connectivity index (χ0v) is 13.2. The number of hydrogen-bond acceptors (Lipinski definition) is 3. The second-order valence-electron chi connectivity index (χ2n) is 6.95. The van der Waals surface area contributed by atoms with E-state index >= 15 is 0 Å². The third-order valence-electron chi connectivity index (χ3n) is 5.41. The van der Waals surface area contributed by atoms with Crippen molar-refractivity contribution in [3.63, 3.8) is 0 Å². The summed E-state index contributed by atoms with van der Waals surface area (Å²) in [5.74, 6) is 0.707. The highest BCUT2D eigenvalue weighted by Gasteiger charge is 2.50. The fourth-order valence-electron chi connectivity index (χ4n) is 3.73. The molecular weight excluding hydrogens is 252 g/mol. The van der Waals surface area contributed by atoms with Gasteiger partial charge in [0.2, 0.25) is 5.91 Å². The van der Waals surface area contributed by atoms with Crippen LogP contribution in [-0.2, 0) is 9.53 Å². The highest BCUT2D eigenvalue weighted by Crippen LogP contribution is 2.43. The van der Waals surface area contributed by atoms with Gasteiger partial charge in [0.05, 0.1) is 6.10 Å². The molecule has 0 aliphatic heterocycles. The van der Waals surface area contributed by atoms with Gasteiger partial charge >= 0.3 is 0 Å². The number of carbonyl (C=O) groups is 1.